The minimum atomic E-state index is -3.57. The zero-order valence-electron chi connectivity index (χ0n) is 21.3. The molecule has 0 heterocycles. The molecular weight excluding hydrogens is 505 g/mol. The van der Waals surface area contributed by atoms with Crippen molar-refractivity contribution < 1.29 is 22.4 Å². The van der Waals surface area contributed by atoms with Crippen molar-refractivity contribution in [2.45, 2.75) is 37.2 Å². The van der Waals surface area contributed by atoms with Gasteiger partial charge in [0.15, 0.2) is 0 Å². The van der Waals surface area contributed by atoms with Crippen molar-refractivity contribution in [2.24, 2.45) is 0 Å². The molecule has 0 aromatic heterocycles. The molecule has 0 aliphatic heterocycles. The molecule has 0 saturated carbocycles. The number of nitrogens with one attached hydrogen (secondary N) is 2. The Kier molecular flexibility index (Phi) is 10.3. The third kappa shape index (κ3) is 7.84. The second-order valence-corrected chi connectivity index (χ2v) is 10.4. The molecule has 0 aliphatic carbocycles. The molecule has 3 aromatic rings. The van der Waals surface area contributed by atoms with Gasteiger partial charge in [-0.25, -0.2) is 17.5 Å². The lowest BCUT2D eigenvalue weighted by Crippen LogP contribution is -2.43. The van der Waals surface area contributed by atoms with Gasteiger partial charge in [0.25, 0.3) is 0 Å². The van der Waals surface area contributed by atoms with E-state index in [-0.39, 0.29) is 42.8 Å². The third-order valence-electron chi connectivity index (χ3n) is 5.88. The summed E-state index contributed by atoms with van der Waals surface area (Å²) in [5.41, 5.74) is 2.10. The molecular formula is C29H32FN3O4S. The second-order valence-electron chi connectivity index (χ2n) is 8.64. The summed E-state index contributed by atoms with van der Waals surface area (Å²) < 4.78 is 40.4. The van der Waals surface area contributed by atoms with E-state index in [0.29, 0.717) is 17.5 Å². The van der Waals surface area contributed by atoms with E-state index < -0.39 is 21.9 Å². The molecule has 0 saturated heterocycles. The first kappa shape index (κ1) is 28.7. The Morgan fingerprint density at radius 3 is 2.21 bits per heavy atom. The van der Waals surface area contributed by atoms with Gasteiger partial charge in [-0.2, -0.15) is 0 Å². The zero-order valence-corrected chi connectivity index (χ0v) is 22.1. The van der Waals surface area contributed by atoms with Gasteiger partial charge in [0.2, 0.25) is 21.8 Å². The first-order chi connectivity index (χ1) is 18.2. The summed E-state index contributed by atoms with van der Waals surface area (Å²) >= 11 is 0. The lowest BCUT2D eigenvalue weighted by Gasteiger charge is -2.31. The normalized spacial score (nSPS) is 11.9. The van der Waals surface area contributed by atoms with E-state index >= 15 is 0 Å². The van der Waals surface area contributed by atoms with Crippen molar-refractivity contribution in [3.63, 3.8) is 0 Å². The fourth-order valence-electron chi connectivity index (χ4n) is 3.99. The molecule has 2 N–H and O–H groups in total. The number of nitrogens with zero attached hydrogens (tertiary/aromatic N) is 1. The second kappa shape index (κ2) is 13.6. The van der Waals surface area contributed by atoms with E-state index in [4.69, 9.17) is 0 Å². The van der Waals surface area contributed by atoms with Crippen LogP contribution in [0.2, 0.25) is 0 Å². The summed E-state index contributed by atoms with van der Waals surface area (Å²) in [6.07, 6.45) is 1.99. The van der Waals surface area contributed by atoms with Gasteiger partial charge in [-0.1, -0.05) is 67.6 Å². The number of carbonyl (C=O) groups is 2. The first-order valence-corrected chi connectivity index (χ1v) is 13.8. The van der Waals surface area contributed by atoms with E-state index in [0.717, 1.165) is 5.56 Å². The van der Waals surface area contributed by atoms with Gasteiger partial charge in [0.1, 0.15) is 11.9 Å². The molecule has 2 amide bonds. The average molecular weight is 538 g/mol. The van der Waals surface area contributed by atoms with Crippen LogP contribution in [0.1, 0.15) is 36.1 Å². The summed E-state index contributed by atoms with van der Waals surface area (Å²) in [6.45, 7) is 5.97. The van der Waals surface area contributed by atoms with Crippen LogP contribution in [0.4, 0.5) is 4.39 Å². The Morgan fingerprint density at radius 1 is 0.974 bits per heavy atom. The summed E-state index contributed by atoms with van der Waals surface area (Å²) in [5.74, 6) is -1.03. The van der Waals surface area contributed by atoms with Gasteiger partial charge in [-0.15, -0.1) is 6.58 Å². The summed E-state index contributed by atoms with van der Waals surface area (Å²) in [7, 11) is -3.57. The van der Waals surface area contributed by atoms with Crippen molar-refractivity contribution in [1.29, 1.82) is 0 Å². The molecule has 0 aliphatic rings. The fraction of sp³-hybridized carbons (Fsp3) is 0.241. The Labute approximate surface area is 223 Å². The van der Waals surface area contributed by atoms with E-state index in [1.54, 1.807) is 61.5 Å². The number of benzene rings is 3. The maximum Gasteiger partial charge on any atom is 0.247 e. The van der Waals surface area contributed by atoms with Gasteiger partial charge in [0.05, 0.1) is 4.90 Å². The summed E-state index contributed by atoms with van der Waals surface area (Å²) in [4.78, 5) is 28.6. The number of amides is 2. The lowest BCUT2D eigenvalue weighted by molar-refractivity contribution is -0.141. The van der Waals surface area contributed by atoms with Crippen molar-refractivity contribution in [3.8, 4) is 0 Å². The van der Waals surface area contributed by atoms with Crippen LogP contribution in [0.15, 0.2) is 96.4 Å². The fourth-order valence-corrected chi connectivity index (χ4v) is 5.03. The molecule has 0 radical (unpaired) electrons. The van der Waals surface area contributed by atoms with Gasteiger partial charge in [0, 0.05) is 26.1 Å². The average Bonchev–Trinajstić information content (AvgIpc) is 2.92. The predicted octanol–water partition coefficient (Wildman–Crippen LogP) is 4.13. The van der Waals surface area contributed by atoms with E-state index in [2.05, 4.69) is 16.6 Å². The molecule has 7 nitrogen and oxygen atoms in total. The smallest absolute Gasteiger partial charge is 0.247 e. The van der Waals surface area contributed by atoms with Gasteiger partial charge >= 0.3 is 0 Å². The van der Waals surface area contributed by atoms with Crippen LogP contribution in [0.25, 0.3) is 0 Å². The molecule has 9 heteroatoms. The Balaban J connectivity index is 1.87. The third-order valence-corrected chi connectivity index (χ3v) is 7.44. The zero-order chi connectivity index (χ0) is 27.5. The van der Waals surface area contributed by atoms with Crippen LogP contribution < -0.4 is 10.0 Å². The number of halogens is 1. The predicted molar refractivity (Wildman–Crippen MR) is 145 cm³/mol. The lowest BCUT2D eigenvalue weighted by atomic mass is 10.0. The number of hydrogen-bond donors (Lipinski definition) is 2. The van der Waals surface area contributed by atoms with Crippen LogP contribution in [0.5, 0.6) is 0 Å². The molecule has 0 unspecified atom stereocenters. The highest BCUT2D eigenvalue weighted by molar-refractivity contribution is 7.89. The maximum atomic E-state index is 13.6. The van der Waals surface area contributed by atoms with E-state index in [1.807, 2.05) is 6.07 Å². The van der Waals surface area contributed by atoms with Crippen molar-refractivity contribution in [1.82, 2.24) is 14.9 Å². The molecule has 0 spiro atoms. The van der Waals surface area contributed by atoms with Crippen LogP contribution in [-0.2, 0) is 32.6 Å². The summed E-state index contributed by atoms with van der Waals surface area (Å²) in [5, 5.41) is 2.79. The topological polar surface area (TPSA) is 95.6 Å². The SMILES string of the molecule is C=CCNC(=O)[C@H](c1ccccc1)N(Cc1ccc(F)cc1)C(=O)CCc1ccc(S(=O)(=O)NCC)cc1. The number of aryl methyl sites for hydroxylation is 1. The highest BCUT2D eigenvalue weighted by Gasteiger charge is 2.31. The number of carbonyl (C=O) groups excluding carboxylic acids is 2. The molecule has 3 aromatic carbocycles. The molecule has 0 bridgehead atoms. The van der Waals surface area contributed by atoms with E-state index in [9.17, 15) is 22.4 Å². The van der Waals surface area contributed by atoms with E-state index in [1.165, 1.54) is 29.2 Å². The molecule has 38 heavy (non-hydrogen) atoms. The van der Waals surface area contributed by atoms with Gasteiger partial charge < -0.3 is 10.2 Å². The monoisotopic (exact) mass is 537 g/mol. The van der Waals surface area contributed by atoms with Gasteiger partial charge in [-0.3, -0.25) is 9.59 Å². The highest BCUT2D eigenvalue weighted by Crippen LogP contribution is 2.25. The molecule has 200 valence electrons. The van der Waals surface area contributed by atoms with Crippen molar-refractivity contribution in [3.05, 3.63) is 114 Å². The molecule has 3 rings (SSSR count). The number of hydrogen-bond acceptors (Lipinski definition) is 4. The van der Waals surface area contributed by atoms with Crippen LogP contribution in [0.3, 0.4) is 0 Å². The highest BCUT2D eigenvalue weighted by atomic mass is 32.2. The maximum absolute atomic E-state index is 13.6. The quantitative estimate of drug-likeness (QED) is 0.321. The minimum Gasteiger partial charge on any atom is -0.351 e. The van der Waals surface area contributed by atoms with Crippen LogP contribution >= 0.6 is 0 Å². The van der Waals surface area contributed by atoms with Crippen molar-refractivity contribution in [2.75, 3.05) is 13.1 Å². The largest absolute Gasteiger partial charge is 0.351 e. The Hall–Kier alpha value is -3.82. The Morgan fingerprint density at radius 2 is 1.61 bits per heavy atom. The summed E-state index contributed by atoms with van der Waals surface area (Å²) in [6, 6.07) is 20.2. The standard InChI is InChI=1S/C29H32FN3O4S/c1-3-20-31-29(35)28(24-8-6-5-7-9-24)33(21-23-10-15-25(30)16-11-23)27(34)19-14-22-12-17-26(18-13-22)38(36,37)32-4-2/h3,5-13,15-18,28,32H,1,4,14,19-21H2,2H3,(H,31,35)/t28-/m0/s1. The van der Waals surface area contributed by atoms with Crippen LogP contribution in [-0.4, -0.2) is 38.2 Å². The van der Waals surface area contributed by atoms with Crippen LogP contribution in [0, 0.1) is 5.82 Å². The Bertz CT molecular complexity index is 1330. The minimum absolute atomic E-state index is 0.0819. The molecule has 0 fully saturated rings. The first-order valence-electron chi connectivity index (χ1n) is 12.3. The number of sulfonamides is 1. The van der Waals surface area contributed by atoms with Crippen molar-refractivity contribution >= 4 is 21.8 Å². The number of rotatable bonds is 13. The molecule has 1 atom stereocenters. The van der Waals surface area contributed by atoms with Gasteiger partial charge in [-0.05, 0) is 47.4 Å².